The van der Waals surface area contributed by atoms with Crippen LogP contribution in [0.2, 0.25) is 0 Å². The first kappa shape index (κ1) is 15.0. The Hall–Kier alpha value is -2.04. The Morgan fingerprint density at radius 1 is 1.37 bits per heavy atom. The number of nitrogens with one attached hydrogen (secondary N) is 1. The molecule has 5 heteroatoms. The molecule has 1 aromatic carbocycles. The number of benzene rings is 1. The fourth-order valence-corrected chi connectivity index (χ4v) is 1.84. The van der Waals surface area contributed by atoms with Crippen molar-refractivity contribution in [2.24, 2.45) is 0 Å². The first-order valence-corrected chi connectivity index (χ1v) is 6.35. The van der Waals surface area contributed by atoms with Crippen LogP contribution in [-0.2, 0) is 11.2 Å². The van der Waals surface area contributed by atoms with E-state index in [9.17, 15) is 9.59 Å². The lowest BCUT2D eigenvalue weighted by Gasteiger charge is -2.24. The molecular weight excluding hydrogens is 244 g/mol. The number of urea groups is 1. The van der Waals surface area contributed by atoms with Gasteiger partial charge in [0.15, 0.2) is 0 Å². The predicted molar refractivity (Wildman–Crippen MR) is 74.3 cm³/mol. The van der Waals surface area contributed by atoms with Gasteiger partial charge in [-0.15, -0.1) is 0 Å². The summed E-state index contributed by atoms with van der Waals surface area (Å²) in [7, 11) is 1.49. The normalized spacial score (nSPS) is 11.7. The number of anilines is 1. The van der Waals surface area contributed by atoms with Crippen molar-refractivity contribution in [3.63, 3.8) is 0 Å². The summed E-state index contributed by atoms with van der Waals surface area (Å²) in [5.74, 6) is -0.998. The Kier molecular flexibility index (Phi) is 5.36. The number of hydrogen-bond donors (Lipinski definition) is 2. The highest BCUT2D eigenvalue weighted by molar-refractivity contribution is 5.92. The van der Waals surface area contributed by atoms with Gasteiger partial charge in [-0.25, -0.2) is 9.59 Å². The molecule has 0 aliphatic rings. The fourth-order valence-electron chi connectivity index (χ4n) is 1.84. The molecule has 0 saturated heterocycles. The number of carboxylic acid groups (broad SMARTS) is 1. The average Bonchev–Trinajstić information content (AvgIpc) is 2.39. The number of carboxylic acids is 1. The molecule has 1 aromatic rings. The van der Waals surface area contributed by atoms with Gasteiger partial charge in [0.2, 0.25) is 0 Å². The number of likely N-dealkylation sites (N-methyl/N-ethyl adjacent to an activating group) is 1. The molecule has 0 radical (unpaired) electrons. The number of hydrogen-bond acceptors (Lipinski definition) is 2. The summed E-state index contributed by atoms with van der Waals surface area (Å²) in [6.07, 6.45) is 1.25. The van der Waals surface area contributed by atoms with Gasteiger partial charge in [-0.05, 0) is 30.5 Å². The van der Waals surface area contributed by atoms with Crippen molar-refractivity contribution in [1.29, 1.82) is 0 Å². The zero-order chi connectivity index (χ0) is 14.4. The summed E-state index contributed by atoms with van der Waals surface area (Å²) in [5.41, 5.74) is 1.79. The van der Waals surface area contributed by atoms with E-state index in [1.807, 2.05) is 25.1 Å². The molecule has 0 aliphatic carbocycles. The third kappa shape index (κ3) is 3.98. The number of rotatable bonds is 5. The van der Waals surface area contributed by atoms with Gasteiger partial charge in [-0.1, -0.05) is 26.0 Å². The van der Waals surface area contributed by atoms with Crippen LogP contribution in [-0.4, -0.2) is 35.1 Å². The first-order chi connectivity index (χ1) is 8.99. The third-order valence-corrected chi connectivity index (χ3v) is 3.05. The molecule has 0 aromatic heterocycles. The minimum absolute atomic E-state index is 0.369. The number of carbonyl (C=O) groups excluding carboxylic acids is 1. The summed E-state index contributed by atoms with van der Waals surface area (Å²) >= 11 is 0. The fraction of sp³-hybridized carbons (Fsp3) is 0.429. The van der Waals surface area contributed by atoms with Crippen LogP contribution in [0.25, 0.3) is 0 Å². The maximum atomic E-state index is 12.0. The van der Waals surface area contributed by atoms with Gasteiger partial charge in [-0.3, -0.25) is 0 Å². The molecule has 2 N–H and O–H groups in total. The molecule has 1 unspecified atom stereocenters. The van der Waals surface area contributed by atoms with Crippen molar-refractivity contribution in [2.75, 3.05) is 12.4 Å². The van der Waals surface area contributed by atoms with Crippen molar-refractivity contribution in [3.05, 3.63) is 29.8 Å². The van der Waals surface area contributed by atoms with Crippen LogP contribution in [0.4, 0.5) is 10.5 Å². The zero-order valence-electron chi connectivity index (χ0n) is 11.5. The molecule has 0 aliphatic heterocycles. The van der Waals surface area contributed by atoms with E-state index < -0.39 is 18.0 Å². The molecule has 1 atom stereocenters. The Bertz CT molecular complexity index is 460. The smallest absolute Gasteiger partial charge is 0.326 e. The molecule has 0 saturated carbocycles. The Morgan fingerprint density at radius 3 is 2.58 bits per heavy atom. The van der Waals surface area contributed by atoms with Crippen molar-refractivity contribution in [1.82, 2.24) is 4.90 Å². The topological polar surface area (TPSA) is 69.6 Å². The van der Waals surface area contributed by atoms with Crippen LogP contribution in [0.1, 0.15) is 25.8 Å². The van der Waals surface area contributed by atoms with Crippen molar-refractivity contribution < 1.29 is 14.7 Å². The molecule has 19 heavy (non-hydrogen) atoms. The average molecular weight is 264 g/mol. The summed E-state index contributed by atoms with van der Waals surface area (Å²) in [6.45, 7) is 3.77. The Morgan fingerprint density at radius 2 is 2.05 bits per heavy atom. The van der Waals surface area contributed by atoms with Gasteiger partial charge in [0.05, 0.1) is 0 Å². The van der Waals surface area contributed by atoms with Gasteiger partial charge >= 0.3 is 12.0 Å². The quantitative estimate of drug-likeness (QED) is 0.858. The molecule has 0 fully saturated rings. The third-order valence-electron chi connectivity index (χ3n) is 3.05. The minimum Gasteiger partial charge on any atom is -0.480 e. The highest BCUT2D eigenvalue weighted by Crippen LogP contribution is 2.13. The van der Waals surface area contributed by atoms with E-state index >= 15 is 0 Å². The van der Waals surface area contributed by atoms with Crippen molar-refractivity contribution in [3.8, 4) is 0 Å². The second-order valence-corrected chi connectivity index (χ2v) is 4.36. The monoisotopic (exact) mass is 264 g/mol. The van der Waals surface area contributed by atoms with Gasteiger partial charge in [0.1, 0.15) is 6.04 Å². The van der Waals surface area contributed by atoms with Gasteiger partial charge in [0.25, 0.3) is 0 Å². The lowest BCUT2D eigenvalue weighted by Crippen LogP contribution is -2.44. The lowest BCUT2D eigenvalue weighted by atomic mass is 10.1. The van der Waals surface area contributed by atoms with Crippen molar-refractivity contribution in [2.45, 2.75) is 32.7 Å². The standard InChI is InChI=1S/C14H20N2O3/c1-4-10-7-6-8-11(9-10)15-14(19)16(3)12(5-2)13(17)18/h6-9,12H,4-5H2,1-3H3,(H,15,19)(H,17,18). The summed E-state index contributed by atoms with van der Waals surface area (Å²) in [6, 6.07) is 6.28. The molecule has 1 rings (SSSR count). The number of nitrogens with zero attached hydrogens (tertiary/aromatic N) is 1. The Labute approximate surface area is 113 Å². The molecule has 2 amide bonds. The van der Waals surface area contributed by atoms with Crippen LogP contribution in [0.3, 0.4) is 0 Å². The second-order valence-electron chi connectivity index (χ2n) is 4.36. The molecule has 0 heterocycles. The lowest BCUT2D eigenvalue weighted by molar-refractivity contribution is -0.141. The highest BCUT2D eigenvalue weighted by Gasteiger charge is 2.24. The van der Waals surface area contributed by atoms with E-state index in [1.54, 1.807) is 13.0 Å². The summed E-state index contributed by atoms with van der Waals surface area (Å²) < 4.78 is 0. The zero-order valence-corrected chi connectivity index (χ0v) is 11.5. The van der Waals surface area contributed by atoms with Crippen LogP contribution in [0.5, 0.6) is 0 Å². The number of aryl methyl sites for hydroxylation is 1. The van der Waals surface area contributed by atoms with Crippen LogP contribution in [0, 0.1) is 0 Å². The van der Waals surface area contributed by atoms with Crippen LogP contribution >= 0.6 is 0 Å². The largest absolute Gasteiger partial charge is 0.480 e. The molecular formula is C14H20N2O3. The summed E-state index contributed by atoms with van der Waals surface area (Å²) in [5, 5.41) is 11.7. The van der Waals surface area contributed by atoms with Gasteiger partial charge in [-0.2, -0.15) is 0 Å². The van der Waals surface area contributed by atoms with E-state index in [1.165, 1.54) is 11.9 Å². The number of carbonyl (C=O) groups is 2. The van der Waals surface area contributed by atoms with Gasteiger partial charge < -0.3 is 15.3 Å². The maximum Gasteiger partial charge on any atom is 0.326 e. The first-order valence-electron chi connectivity index (χ1n) is 6.35. The SMILES string of the molecule is CCc1cccc(NC(=O)N(C)C(CC)C(=O)O)c1. The minimum atomic E-state index is -0.998. The molecule has 0 bridgehead atoms. The van der Waals surface area contributed by atoms with E-state index in [4.69, 9.17) is 5.11 Å². The van der Waals surface area contributed by atoms with Crippen LogP contribution < -0.4 is 5.32 Å². The van der Waals surface area contributed by atoms with Crippen molar-refractivity contribution >= 4 is 17.7 Å². The molecule has 5 nitrogen and oxygen atoms in total. The number of amides is 2. The highest BCUT2D eigenvalue weighted by atomic mass is 16.4. The van der Waals surface area contributed by atoms with E-state index in [2.05, 4.69) is 5.32 Å². The van der Waals surface area contributed by atoms with Gasteiger partial charge in [0, 0.05) is 12.7 Å². The van der Waals surface area contributed by atoms with Crippen LogP contribution in [0.15, 0.2) is 24.3 Å². The number of aliphatic carboxylic acids is 1. The maximum absolute atomic E-state index is 12.0. The predicted octanol–water partition coefficient (Wildman–Crippen LogP) is 2.58. The van der Waals surface area contributed by atoms with E-state index in [0.717, 1.165) is 12.0 Å². The Balaban J connectivity index is 2.75. The summed E-state index contributed by atoms with van der Waals surface area (Å²) in [4.78, 5) is 24.2. The van der Waals surface area contributed by atoms with E-state index in [-0.39, 0.29) is 0 Å². The van der Waals surface area contributed by atoms with E-state index in [0.29, 0.717) is 12.1 Å². The molecule has 104 valence electrons. The molecule has 0 spiro atoms. The second kappa shape index (κ2) is 6.78.